The van der Waals surface area contributed by atoms with Crippen LogP contribution in [0.2, 0.25) is 0 Å². The van der Waals surface area contributed by atoms with Crippen LogP contribution >= 0.6 is 0 Å². The fourth-order valence-corrected chi connectivity index (χ4v) is 0.951. The second-order valence-electron chi connectivity index (χ2n) is 2.38. The summed E-state index contributed by atoms with van der Waals surface area (Å²) in [5.41, 5.74) is 7.66. The lowest BCUT2D eigenvalue weighted by Crippen LogP contribution is -2.14. The second kappa shape index (κ2) is 2.86. The highest BCUT2D eigenvalue weighted by Crippen LogP contribution is 2.12. The topological polar surface area (TPSA) is 62.0 Å². The van der Waals surface area contributed by atoms with Gasteiger partial charge in [0.25, 0.3) is 0 Å². The number of nitrogens with one attached hydrogen (secondary N) is 1. The Hall–Kier alpha value is -0.800. The Balaban J connectivity index is 2.82. The van der Waals surface area contributed by atoms with E-state index in [0.717, 1.165) is 11.1 Å². The molecule has 56 valence electrons. The third-order valence-corrected chi connectivity index (χ3v) is 1.59. The number of aromatic amines is 1. The molecule has 0 radical (unpaired) electrons. The molecule has 1 aromatic heterocycles. The predicted octanol–water partition coefficient (Wildman–Crippen LogP) is 0.315. The number of nitrogens with two attached hydrogens (primary N) is 1. The first-order valence-electron chi connectivity index (χ1n) is 3.25. The molecule has 1 heterocycles. The van der Waals surface area contributed by atoms with Crippen LogP contribution in [-0.4, -0.2) is 16.7 Å². The quantitative estimate of drug-likeness (QED) is 0.553. The zero-order valence-electron chi connectivity index (χ0n) is 5.96. The monoisotopic (exact) mass is 140 g/mol. The van der Waals surface area contributed by atoms with Crippen LogP contribution < -0.4 is 5.73 Å². The maximum Gasteiger partial charge on any atom is 0.0625 e. The molecule has 1 rings (SSSR count). The summed E-state index contributed by atoms with van der Waals surface area (Å²) in [5.74, 6) is 0. The van der Waals surface area contributed by atoms with Crippen LogP contribution in [0.4, 0.5) is 0 Å². The maximum absolute atomic E-state index is 8.69. The maximum atomic E-state index is 8.69. The molecule has 0 spiro atoms. The molecule has 0 aliphatic carbocycles. The molecule has 0 amide bonds. The minimum atomic E-state index is -0.244. The first-order chi connectivity index (χ1) is 4.75. The van der Waals surface area contributed by atoms with Crippen molar-refractivity contribution in [1.29, 1.82) is 0 Å². The van der Waals surface area contributed by atoms with Crippen molar-refractivity contribution < 1.29 is 5.11 Å². The van der Waals surface area contributed by atoms with E-state index >= 15 is 0 Å². The number of rotatable bonds is 2. The predicted molar refractivity (Wildman–Crippen MR) is 39.5 cm³/mol. The number of aryl methyl sites for hydroxylation is 1. The Morgan fingerprint density at radius 2 is 2.40 bits per heavy atom. The smallest absolute Gasteiger partial charge is 0.0625 e. The summed E-state index contributed by atoms with van der Waals surface area (Å²) in [6.45, 7) is 1.96. The van der Waals surface area contributed by atoms with E-state index < -0.39 is 0 Å². The number of hydrogen-bond donors (Lipinski definition) is 3. The van der Waals surface area contributed by atoms with E-state index in [-0.39, 0.29) is 12.6 Å². The van der Waals surface area contributed by atoms with Crippen molar-refractivity contribution in [2.45, 2.75) is 13.0 Å². The zero-order valence-corrected chi connectivity index (χ0v) is 5.96. The molecule has 0 saturated heterocycles. The van der Waals surface area contributed by atoms with E-state index in [1.165, 1.54) is 0 Å². The summed E-state index contributed by atoms with van der Waals surface area (Å²) in [6, 6.07) is -0.244. The van der Waals surface area contributed by atoms with Gasteiger partial charge < -0.3 is 15.8 Å². The fourth-order valence-electron chi connectivity index (χ4n) is 0.951. The lowest BCUT2D eigenvalue weighted by molar-refractivity contribution is 0.267. The molecular weight excluding hydrogens is 128 g/mol. The average molecular weight is 140 g/mol. The van der Waals surface area contributed by atoms with Gasteiger partial charge >= 0.3 is 0 Å². The molecule has 0 saturated carbocycles. The van der Waals surface area contributed by atoms with Crippen molar-refractivity contribution in [3.8, 4) is 0 Å². The molecule has 1 atom stereocenters. The lowest BCUT2D eigenvalue weighted by Gasteiger charge is -2.05. The highest BCUT2D eigenvalue weighted by atomic mass is 16.3. The van der Waals surface area contributed by atoms with E-state index in [2.05, 4.69) is 4.98 Å². The highest BCUT2D eigenvalue weighted by molar-refractivity contribution is 5.24. The highest BCUT2D eigenvalue weighted by Gasteiger charge is 2.06. The Morgan fingerprint density at radius 1 is 1.70 bits per heavy atom. The van der Waals surface area contributed by atoms with Crippen LogP contribution in [0.1, 0.15) is 17.2 Å². The summed E-state index contributed by atoms with van der Waals surface area (Å²) >= 11 is 0. The van der Waals surface area contributed by atoms with Gasteiger partial charge in [-0.05, 0) is 18.1 Å². The van der Waals surface area contributed by atoms with Crippen LogP contribution in [0.5, 0.6) is 0 Å². The number of aliphatic hydroxyl groups is 1. The molecule has 0 aliphatic heterocycles. The summed E-state index contributed by atoms with van der Waals surface area (Å²) in [4.78, 5) is 2.92. The molecule has 1 unspecified atom stereocenters. The van der Waals surface area contributed by atoms with Gasteiger partial charge in [0.1, 0.15) is 0 Å². The van der Waals surface area contributed by atoms with E-state index in [1.54, 1.807) is 0 Å². The number of aromatic nitrogens is 1. The third-order valence-electron chi connectivity index (χ3n) is 1.59. The van der Waals surface area contributed by atoms with Gasteiger partial charge in [0.05, 0.1) is 12.6 Å². The number of hydrogen-bond acceptors (Lipinski definition) is 2. The molecule has 3 nitrogen and oxygen atoms in total. The molecular formula is C7H12N2O. The standard InChI is InChI=1S/C7H12N2O/c1-5-2-9-3-6(5)7(8)4-10/h2-3,7,9-10H,4,8H2,1H3. The molecule has 0 aromatic carbocycles. The van der Waals surface area contributed by atoms with Gasteiger partial charge in [0, 0.05) is 12.4 Å². The molecule has 10 heavy (non-hydrogen) atoms. The van der Waals surface area contributed by atoms with Crippen LogP contribution in [0, 0.1) is 6.92 Å². The first-order valence-corrected chi connectivity index (χ1v) is 3.25. The molecule has 3 heteroatoms. The van der Waals surface area contributed by atoms with Crippen LogP contribution in [-0.2, 0) is 0 Å². The Labute approximate surface area is 59.9 Å². The van der Waals surface area contributed by atoms with Crippen molar-refractivity contribution in [2.24, 2.45) is 5.73 Å². The largest absolute Gasteiger partial charge is 0.394 e. The molecule has 0 bridgehead atoms. The first kappa shape index (κ1) is 7.31. The fraction of sp³-hybridized carbons (Fsp3) is 0.429. The third kappa shape index (κ3) is 1.20. The minimum absolute atomic E-state index is 0.00130. The van der Waals surface area contributed by atoms with Crippen molar-refractivity contribution in [2.75, 3.05) is 6.61 Å². The van der Waals surface area contributed by atoms with Crippen molar-refractivity contribution in [3.05, 3.63) is 23.5 Å². The zero-order chi connectivity index (χ0) is 7.56. The summed E-state index contributed by atoms with van der Waals surface area (Å²) in [7, 11) is 0. The van der Waals surface area contributed by atoms with Crippen LogP contribution in [0.25, 0.3) is 0 Å². The summed E-state index contributed by atoms with van der Waals surface area (Å²) in [6.07, 6.45) is 3.68. The van der Waals surface area contributed by atoms with E-state index in [1.807, 2.05) is 19.3 Å². The van der Waals surface area contributed by atoms with E-state index in [9.17, 15) is 0 Å². The summed E-state index contributed by atoms with van der Waals surface area (Å²) in [5, 5.41) is 8.69. The number of aliphatic hydroxyl groups excluding tert-OH is 1. The van der Waals surface area contributed by atoms with Crippen molar-refractivity contribution in [3.63, 3.8) is 0 Å². The minimum Gasteiger partial charge on any atom is -0.394 e. The van der Waals surface area contributed by atoms with Gasteiger partial charge in [-0.15, -0.1) is 0 Å². The van der Waals surface area contributed by atoms with Gasteiger partial charge in [0.2, 0.25) is 0 Å². The Bertz CT molecular complexity index is 207. The second-order valence-corrected chi connectivity index (χ2v) is 2.38. The SMILES string of the molecule is Cc1c[nH]cc1C(N)CO. The van der Waals surface area contributed by atoms with Gasteiger partial charge in [0.15, 0.2) is 0 Å². The average Bonchev–Trinajstić information content (AvgIpc) is 2.34. The Morgan fingerprint density at radius 3 is 2.80 bits per heavy atom. The van der Waals surface area contributed by atoms with Gasteiger partial charge in [-0.1, -0.05) is 0 Å². The van der Waals surface area contributed by atoms with Crippen molar-refractivity contribution in [1.82, 2.24) is 4.98 Å². The van der Waals surface area contributed by atoms with E-state index in [4.69, 9.17) is 10.8 Å². The number of H-pyrrole nitrogens is 1. The molecule has 0 aliphatic rings. The molecule has 1 aromatic rings. The molecule has 4 N–H and O–H groups in total. The molecule has 0 fully saturated rings. The normalized spacial score (nSPS) is 13.5. The van der Waals surface area contributed by atoms with Gasteiger partial charge in [-0.25, -0.2) is 0 Å². The Kier molecular flexibility index (Phi) is 2.09. The van der Waals surface area contributed by atoms with Crippen LogP contribution in [0.3, 0.4) is 0 Å². The van der Waals surface area contributed by atoms with Crippen LogP contribution in [0.15, 0.2) is 12.4 Å². The van der Waals surface area contributed by atoms with Gasteiger partial charge in [-0.3, -0.25) is 0 Å². The summed E-state index contributed by atoms with van der Waals surface area (Å²) < 4.78 is 0. The van der Waals surface area contributed by atoms with Gasteiger partial charge in [-0.2, -0.15) is 0 Å². The lowest BCUT2D eigenvalue weighted by atomic mass is 10.1. The van der Waals surface area contributed by atoms with E-state index in [0.29, 0.717) is 0 Å². The van der Waals surface area contributed by atoms with Crippen molar-refractivity contribution >= 4 is 0 Å².